The van der Waals surface area contributed by atoms with Crippen LogP contribution < -0.4 is 5.32 Å². The average molecular weight is 270 g/mol. The third-order valence-corrected chi connectivity index (χ3v) is 3.85. The Morgan fingerprint density at radius 3 is 2.79 bits per heavy atom. The Hall–Kier alpha value is -0.610. The van der Waals surface area contributed by atoms with Crippen molar-refractivity contribution in [2.75, 3.05) is 33.4 Å². The first-order valence-corrected chi connectivity index (χ1v) is 7.59. The van der Waals surface area contributed by atoms with Gasteiger partial charge in [0.15, 0.2) is 0 Å². The molecule has 1 fully saturated rings. The van der Waals surface area contributed by atoms with Gasteiger partial charge in [0.2, 0.25) is 5.91 Å². The van der Waals surface area contributed by atoms with Gasteiger partial charge in [-0.1, -0.05) is 27.2 Å². The minimum absolute atomic E-state index is 0.00862. The van der Waals surface area contributed by atoms with Crippen molar-refractivity contribution in [1.82, 2.24) is 10.2 Å². The topological polar surface area (TPSA) is 41.6 Å². The number of piperidine rings is 1. The Kier molecular flexibility index (Phi) is 7.39. The molecular weight excluding hydrogens is 240 g/mol. The number of methoxy groups -OCH3 is 1. The van der Waals surface area contributed by atoms with E-state index >= 15 is 0 Å². The number of carbonyl (C=O) groups is 1. The standard InChI is InChI=1S/C15H30N2O2/c1-5-13-6-7-16-14(10-13)15(18)17(8-9-19-4)11-12(2)3/h12-14,16H,5-11H2,1-4H3. The molecule has 2 unspecified atom stereocenters. The van der Waals surface area contributed by atoms with E-state index in [-0.39, 0.29) is 11.9 Å². The SMILES string of the molecule is CCC1CCNC(C(=O)N(CCOC)CC(C)C)C1. The molecule has 0 aromatic rings. The summed E-state index contributed by atoms with van der Waals surface area (Å²) in [6.45, 7) is 9.61. The molecule has 1 aliphatic heterocycles. The second-order valence-corrected chi connectivity index (χ2v) is 5.98. The minimum atomic E-state index is 0.00862. The normalized spacial score (nSPS) is 23.6. The molecule has 4 nitrogen and oxygen atoms in total. The molecule has 1 aliphatic rings. The monoisotopic (exact) mass is 270 g/mol. The first kappa shape index (κ1) is 16.4. The van der Waals surface area contributed by atoms with Crippen LogP contribution in [0.25, 0.3) is 0 Å². The van der Waals surface area contributed by atoms with Crippen molar-refractivity contribution in [2.45, 2.75) is 46.1 Å². The van der Waals surface area contributed by atoms with Gasteiger partial charge in [-0.05, 0) is 31.2 Å². The fraction of sp³-hybridized carbons (Fsp3) is 0.933. The number of nitrogens with zero attached hydrogens (tertiary/aromatic N) is 1. The van der Waals surface area contributed by atoms with Crippen molar-refractivity contribution in [3.63, 3.8) is 0 Å². The summed E-state index contributed by atoms with van der Waals surface area (Å²) in [6.07, 6.45) is 3.35. The first-order valence-electron chi connectivity index (χ1n) is 7.59. The Morgan fingerprint density at radius 1 is 1.47 bits per heavy atom. The Balaban J connectivity index is 2.58. The highest BCUT2D eigenvalue weighted by Crippen LogP contribution is 2.20. The van der Waals surface area contributed by atoms with Crippen LogP contribution in [0.15, 0.2) is 0 Å². The summed E-state index contributed by atoms with van der Waals surface area (Å²) in [5.74, 6) is 1.44. The van der Waals surface area contributed by atoms with E-state index in [2.05, 4.69) is 26.1 Å². The summed E-state index contributed by atoms with van der Waals surface area (Å²) in [5.41, 5.74) is 0. The second-order valence-electron chi connectivity index (χ2n) is 5.98. The molecule has 0 spiro atoms. The molecule has 0 aromatic carbocycles. The van der Waals surface area contributed by atoms with Crippen LogP contribution in [0.2, 0.25) is 0 Å². The van der Waals surface area contributed by atoms with Crippen LogP contribution in [0, 0.1) is 11.8 Å². The van der Waals surface area contributed by atoms with Crippen molar-refractivity contribution in [3.8, 4) is 0 Å². The molecule has 0 bridgehead atoms. The number of nitrogens with one attached hydrogen (secondary N) is 1. The van der Waals surface area contributed by atoms with Crippen molar-refractivity contribution >= 4 is 5.91 Å². The van der Waals surface area contributed by atoms with Crippen molar-refractivity contribution in [3.05, 3.63) is 0 Å². The minimum Gasteiger partial charge on any atom is -0.383 e. The number of amides is 1. The van der Waals surface area contributed by atoms with Crippen molar-refractivity contribution in [2.24, 2.45) is 11.8 Å². The lowest BCUT2D eigenvalue weighted by Crippen LogP contribution is -2.51. The number of hydrogen-bond donors (Lipinski definition) is 1. The second kappa shape index (κ2) is 8.54. The van der Waals surface area contributed by atoms with E-state index in [1.165, 1.54) is 12.8 Å². The lowest BCUT2D eigenvalue weighted by atomic mass is 9.90. The summed E-state index contributed by atoms with van der Waals surface area (Å²) < 4.78 is 5.12. The predicted molar refractivity (Wildman–Crippen MR) is 78.1 cm³/mol. The van der Waals surface area contributed by atoms with E-state index in [0.29, 0.717) is 25.0 Å². The molecule has 1 heterocycles. The number of carbonyl (C=O) groups excluding carboxylic acids is 1. The molecule has 112 valence electrons. The Bertz CT molecular complexity index is 269. The maximum Gasteiger partial charge on any atom is 0.239 e. The summed E-state index contributed by atoms with van der Waals surface area (Å²) in [5, 5.41) is 3.38. The average Bonchev–Trinajstić information content (AvgIpc) is 2.42. The van der Waals surface area contributed by atoms with Crippen molar-refractivity contribution < 1.29 is 9.53 Å². The van der Waals surface area contributed by atoms with Crippen LogP contribution >= 0.6 is 0 Å². The van der Waals surface area contributed by atoms with Gasteiger partial charge in [-0.3, -0.25) is 4.79 Å². The maximum atomic E-state index is 12.6. The smallest absolute Gasteiger partial charge is 0.239 e. The zero-order valence-corrected chi connectivity index (χ0v) is 12.9. The van der Waals surface area contributed by atoms with E-state index < -0.39 is 0 Å². The van der Waals surface area contributed by atoms with Gasteiger partial charge in [-0.15, -0.1) is 0 Å². The van der Waals surface area contributed by atoms with Crippen LogP contribution in [0.3, 0.4) is 0 Å². The molecule has 0 radical (unpaired) electrons. The molecule has 19 heavy (non-hydrogen) atoms. The predicted octanol–water partition coefficient (Wildman–Crippen LogP) is 1.90. The maximum absolute atomic E-state index is 12.6. The molecule has 2 atom stereocenters. The number of rotatable bonds is 7. The third-order valence-electron chi connectivity index (χ3n) is 3.85. The molecule has 1 amide bonds. The van der Waals surface area contributed by atoms with Gasteiger partial charge in [-0.25, -0.2) is 0 Å². The van der Waals surface area contributed by atoms with Crippen LogP contribution in [-0.2, 0) is 9.53 Å². The highest BCUT2D eigenvalue weighted by Gasteiger charge is 2.29. The largest absolute Gasteiger partial charge is 0.383 e. The molecule has 1 saturated heterocycles. The van der Waals surface area contributed by atoms with Gasteiger partial charge in [0, 0.05) is 20.2 Å². The van der Waals surface area contributed by atoms with E-state index in [9.17, 15) is 4.79 Å². The Labute approximate surface area is 117 Å². The van der Waals surface area contributed by atoms with Gasteiger partial charge in [0.25, 0.3) is 0 Å². The summed E-state index contributed by atoms with van der Waals surface area (Å²) in [4.78, 5) is 14.6. The molecular formula is C15H30N2O2. The van der Waals surface area contributed by atoms with E-state index in [0.717, 1.165) is 19.5 Å². The summed E-state index contributed by atoms with van der Waals surface area (Å²) in [7, 11) is 1.68. The van der Waals surface area contributed by atoms with Crippen LogP contribution in [-0.4, -0.2) is 50.2 Å². The first-order chi connectivity index (χ1) is 9.08. The van der Waals surface area contributed by atoms with Gasteiger partial charge in [0.1, 0.15) is 0 Å². The van der Waals surface area contributed by atoms with Crippen molar-refractivity contribution in [1.29, 1.82) is 0 Å². The highest BCUT2D eigenvalue weighted by atomic mass is 16.5. The van der Waals surface area contributed by atoms with Crippen LogP contribution in [0.5, 0.6) is 0 Å². The summed E-state index contributed by atoms with van der Waals surface area (Å²) >= 11 is 0. The molecule has 1 N–H and O–H groups in total. The molecule has 0 aromatic heterocycles. The van der Waals surface area contributed by atoms with Gasteiger partial charge in [0.05, 0.1) is 12.6 Å². The molecule has 0 saturated carbocycles. The number of ether oxygens (including phenoxy) is 1. The van der Waals surface area contributed by atoms with Crippen LogP contribution in [0.4, 0.5) is 0 Å². The van der Waals surface area contributed by atoms with Crippen LogP contribution in [0.1, 0.15) is 40.0 Å². The van der Waals surface area contributed by atoms with E-state index in [4.69, 9.17) is 4.74 Å². The Morgan fingerprint density at radius 2 is 2.21 bits per heavy atom. The zero-order chi connectivity index (χ0) is 14.3. The van der Waals surface area contributed by atoms with Gasteiger partial charge in [-0.2, -0.15) is 0 Å². The fourth-order valence-corrected chi connectivity index (χ4v) is 2.71. The fourth-order valence-electron chi connectivity index (χ4n) is 2.71. The lowest BCUT2D eigenvalue weighted by Gasteiger charge is -2.34. The number of hydrogen-bond acceptors (Lipinski definition) is 3. The quantitative estimate of drug-likeness (QED) is 0.768. The molecule has 4 heteroatoms. The summed E-state index contributed by atoms with van der Waals surface area (Å²) in [6, 6.07) is 0.00862. The molecule has 1 rings (SSSR count). The van der Waals surface area contributed by atoms with Gasteiger partial charge >= 0.3 is 0 Å². The van der Waals surface area contributed by atoms with Gasteiger partial charge < -0.3 is 15.0 Å². The third kappa shape index (κ3) is 5.49. The lowest BCUT2D eigenvalue weighted by molar-refractivity contribution is -0.135. The van der Waals surface area contributed by atoms with E-state index in [1.807, 2.05) is 4.90 Å². The zero-order valence-electron chi connectivity index (χ0n) is 12.9. The highest BCUT2D eigenvalue weighted by molar-refractivity contribution is 5.82. The van der Waals surface area contributed by atoms with E-state index in [1.54, 1.807) is 7.11 Å². The molecule has 0 aliphatic carbocycles.